The summed E-state index contributed by atoms with van der Waals surface area (Å²) in [5, 5.41) is 24.7. The second-order valence-corrected chi connectivity index (χ2v) is 7.79. The van der Waals surface area contributed by atoms with E-state index in [0.717, 1.165) is 12.1 Å². The maximum absolute atomic E-state index is 14.7. The highest BCUT2D eigenvalue weighted by Gasteiger charge is 2.28. The highest BCUT2D eigenvalue weighted by atomic mass is 19.1. The van der Waals surface area contributed by atoms with Gasteiger partial charge in [-0.25, -0.2) is 13.6 Å². The van der Waals surface area contributed by atoms with Crippen molar-refractivity contribution in [2.45, 2.75) is 26.4 Å². The van der Waals surface area contributed by atoms with Gasteiger partial charge in [-0.05, 0) is 38.1 Å². The summed E-state index contributed by atoms with van der Waals surface area (Å²) >= 11 is 0. The van der Waals surface area contributed by atoms with Crippen LogP contribution in [-0.2, 0) is 4.74 Å². The Balaban J connectivity index is 1.68. The number of aromatic amines is 1. The summed E-state index contributed by atoms with van der Waals surface area (Å²) in [6, 6.07) is 4.12. The van der Waals surface area contributed by atoms with Crippen LogP contribution in [0, 0.1) is 23.0 Å². The standard InChI is InChI=1S/C19H22F2N8O2/c1-19(2,3)31-18(30)29-6-4-28(5-7-29)16-14(20)8-13(9-15(16)21)23-11-12(10-22)17-24-26-27-25-17/h8-9,11,23H,4-7H2,1-3H3,(H,24,25,26,27). The van der Waals surface area contributed by atoms with Crippen molar-refractivity contribution in [2.24, 2.45) is 0 Å². The van der Waals surface area contributed by atoms with Crippen LogP contribution >= 0.6 is 0 Å². The predicted molar refractivity (Wildman–Crippen MR) is 108 cm³/mol. The lowest BCUT2D eigenvalue weighted by molar-refractivity contribution is 0.0240. The van der Waals surface area contributed by atoms with Gasteiger partial charge < -0.3 is 19.9 Å². The van der Waals surface area contributed by atoms with E-state index in [1.807, 2.05) is 6.07 Å². The molecule has 1 fully saturated rings. The lowest BCUT2D eigenvalue weighted by Gasteiger charge is -2.37. The molecular formula is C19H22F2N8O2. The van der Waals surface area contributed by atoms with Crippen LogP contribution in [0.1, 0.15) is 26.6 Å². The maximum Gasteiger partial charge on any atom is 0.410 e. The van der Waals surface area contributed by atoms with E-state index in [4.69, 9.17) is 10.00 Å². The molecule has 1 aliphatic heterocycles. The third-order valence-corrected chi connectivity index (χ3v) is 4.35. The fourth-order valence-corrected chi connectivity index (χ4v) is 2.97. The van der Waals surface area contributed by atoms with Crippen LogP contribution in [0.5, 0.6) is 0 Å². The predicted octanol–water partition coefficient (Wildman–Crippen LogP) is 2.51. The van der Waals surface area contributed by atoms with Crippen LogP contribution in [0.25, 0.3) is 5.57 Å². The Morgan fingerprint density at radius 2 is 1.90 bits per heavy atom. The van der Waals surface area contributed by atoms with Crippen molar-refractivity contribution < 1.29 is 18.3 Å². The van der Waals surface area contributed by atoms with Gasteiger partial charge in [0.25, 0.3) is 0 Å². The van der Waals surface area contributed by atoms with E-state index >= 15 is 0 Å². The number of rotatable bonds is 4. The molecule has 31 heavy (non-hydrogen) atoms. The third-order valence-electron chi connectivity index (χ3n) is 4.35. The van der Waals surface area contributed by atoms with Crippen LogP contribution in [0.15, 0.2) is 18.3 Å². The van der Waals surface area contributed by atoms with Gasteiger partial charge in [-0.1, -0.05) is 0 Å². The van der Waals surface area contributed by atoms with Gasteiger partial charge in [0.1, 0.15) is 22.9 Å². The number of hydrogen-bond acceptors (Lipinski definition) is 8. The molecule has 0 radical (unpaired) electrons. The molecule has 1 aliphatic rings. The first-order valence-corrected chi connectivity index (χ1v) is 9.50. The molecule has 1 aromatic carbocycles. The summed E-state index contributed by atoms with van der Waals surface area (Å²) in [6.45, 7) is 6.42. The zero-order valence-corrected chi connectivity index (χ0v) is 17.3. The molecule has 2 aromatic rings. The zero-order valence-electron chi connectivity index (χ0n) is 17.3. The fourth-order valence-electron chi connectivity index (χ4n) is 2.97. The Kier molecular flexibility index (Phi) is 6.33. The number of piperazine rings is 1. The molecule has 0 aliphatic carbocycles. The summed E-state index contributed by atoms with van der Waals surface area (Å²) in [7, 11) is 0. The molecule has 1 amide bonds. The quantitative estimate of drug-likeness (QED) is 0.707. The van der Waals surface area contributed by atoms with Gasteiger partial charge in [-0.2, -0.15) is 10.5 Å². The average molecular weight is 432 g/mol. The number of H-pyrrole nitrogens is 1. The molecule has 0 saturated carbocycles. The van der Waals surface area contributed by atoms with Gasteiger partial charge in [0.2, 0.25) is 5.82 Å². The lowest BCUT2D eigenvalue weighted by atomic mass is 10.2. The van der Waals surface area contributed by atoms with Crippen molar-refractivity contribution in [3.05, 3.63) is 35.8 Å². The van der Waals surface area contributed by atoms with E-state index < -0.39 is 23.3 Å². The van der Waals surface area contributed by atoms with Crippen molar-refractivity contribution in [1.29, 1.82) is 5.26 Å². The van der Waals surface area contributed by atoms with Gasteiger partial charge in [0.05, 0.1) is 0 Å². The van der Waals surface area contributed by atoms with Crippen LogP contribution in [0.4, 0.5) is 25.0 Å². The normalized spacial score (nSPS) is 14.9. The number of amides is 1. The highest BCUT2D eigenvalue weighted by Crippen LogP contribution is 2.28. The molecule has 3 rings (SSSR count). The van der Waals surface area contributed by atoms with E-state index in [9.17, 15) is 13.6 Å². The van der Waals surface area contributed by atoms with Gasteiger partial charge in [-0.15, -0.1) is 10.2 Å². The number of anilines is 2. The minimum Gasteiger partial charge on any atom is -0.444 e. The smallest absolute Gasteiger partial charge is 0.410 e. The highest BCUT2D eigenvalue weighted by molar-refractivity contribution is 5.74. The monoisotopic (exact) mass is 432 g/mol. The number of carbonyl (C=O) groups is 1. The summed E-state index contributed by atoms with van der Waals surface area (Å²) in [5.41, 5.74) is -0.630. The maximum atomic E-state index is 14.7. The number of benzene rings is 1. The first kappa shape index (κ1) is 21.9. The van der Waals surface area contributed by atoms with Crippen LogP contribution < -0.4 is 10.2 Å². The molecule has 10 nitrogen and oxygen atoms in total. The Morgan fingerprint density at radius 3 is 2.42 bits per heavy atom. The van der Waals surface area contributed by atoms with E-state index in [1.54, 1.807) is 25.7 Å². The van der Waals surface area contributed by atoms with Crippen molar-refractivity contribution in [3.63, 3.8) is 0 Å². The Labute approximate surface area is 177 Å². The number of ether oxygens (including phenoxy) is 1. The van der Waals surface area contributed by atoms with E-state index in [0.29, 0.717) is 0 Å². The summed E-state index contributed by atoms with van der Waals surface area (Å²) in [4.78, 5) is 15.2. The average Bonchev–Trinajstić information content (AvgIpc) is 3.22. The van der Waals surface area contributed by atoms with E-state index in [-0.39, 0.29) is 49.0 Å². The number of nitrogens with zero attached hydrogens (tertiary/aromatic N) is 6. The molecule has 164 valence electrons. The number of carbonyl (C=O) groups excluding carboxylic acids is 1. The second-order valence-electron chi connectivity index (χ2n) is 7.79. The minimum atomic E-state index is -0.764. The molecule has 2 heterocycles. The molecular weight excluding hydrogens is 410 g/mol. The Morgan fingerprint density at radius 1 is 1.26 bits per heavy atom. The van der Waals surface area contributed by atoms with Crippen LogP contribution in [-0.4, -0.2) is 63.4 Å². The number of nitriles is 1. The molecule has 12 heteroatoms. The lowest BCUT2D eigenvalue weighted by Crippen LogP contribution is -2.50. The van der Waals surface area contributed by atoms with E-state index in [1.165, 1.54) is 11.1 Å². The zero-order chi connectivity index (χ0) is 22.6. The van der Waals surface area contributed by atoms with Crippen LogP contribution in [0.3, 0.4) is 0 Å². The van der Waals surface area contributed by atoms with Crippen molar-refractivity contribution >= 4 is 23.0 Å². The van der Waals surface area contributed by atoms with Gasteiger partial charge in [0.15, 0.2) is 11.6 Å². The molecule has 2 N–H and O–H groups in total. The number of nitrogens with one attached hydrogen (secondary N) is 2. The Bertz CT molecular complexity index is 980. The topological polar surface area (TPSA) is 123 Å². The largest absolute Gasteiger partial charge is 0.444 e. The molecule has 0 spiro atoms. The summed E-state index contributed by atoms with van der Waals surface area (Å²) in [6.07, 6.45) is 0.785. The van der Waals surface area contributed by atoms with Gasteiger partial charge in [0, 0.05) is 38.1 Å². The minimum absolute atomic E-state index is 0.0388. The van der Waals surface area contributed by atoms with E-state index in [2.05, 4.69) is 25.9 Å². The number of halogens is 2. The van der Waals surface area contributed by atoms with Crippen molar-refractivity contribution in [1.82, 2.24) is 25.5 Å². The summed E-state index contributed by atoms with van der Waals surface area (Å²) in [5.74, 6) is -1.48. The number of tetrazole rings is 1. The molecule has 0 bridgehead atoms. The second kappa shape index (κ2) is 8.95. The molecule has 1 aromatic heterocycles. The van der Waals surface area contributed by atoms with Gasteiger partial charge in [-0.3, -0.25) is 0 Å². The first-order chi connectivity index (χ1) is 14.7. The molecule has 1 saturated heterocycles. The molecule has 0 unspecified atom stereocenters. The van der Waals surface area contributed by atoms with Crippen molar-refractivity contribution in [2.75, 3.05) is 36.4 Å². The number of allylic oxidation sites excluding steroid dienone is 1. The SMILES string of the molecule is CC(C)(C)OC(=O)N1CCN(c2c(F)cc(NC=C(C#N)c3nn[nH]n3)cc2F)CC1. The fraction of sp³-hybridized carbons (Fsp3) is 0.421. The summed E-state index contributed by atoms with van der Waals surface area (Å²) < 4.78 is 34.7. The number of aromatic nitrogens is 4. The molecule has 0 atom stereocenters. The van der Waals surface area contributed by atoms with Crippen LogP contribution in [0.2, 0.25) is 0 Å². The van der Waals surface area contributed by atoms with Crippen molar-refractivity contribution in [3.8, 4) is 6.07 Å². The third kappa shape index (κ3) is 5.44. The Hall–Kier alpha value is -3.75. The van der Waals surface area contributed by atoms with Gasteiger partial charge >= 0.3 is 6.09 Å². The number of hydrogen-bond donors (Lipinski definition) is 2. The first-order valence-electron chi connectivity index (χ1n) is 9.50.